The fourth-order valence-corrected chi connectivity index (χ4v) is 2.90. The molecule has 1 atom stereocenters. The Balaban J connectivity index is 2.06. The molecule has 1 saturated heterocycles. The summed E-state index contributed by atoms with van der Waals surface area (Å²) in [5.74, 6) is 0.856. The monoisotopic (exact) mass is 264 g/mol. The van der Waals surface area contributed by atoms with Gasteiger partial charge in [0.05, 0.1) is 5.41 Å². The van der Waals surface area contributed by atoms with Crippen LogP contribution in [-0.4, -0.2) is 18.1 Å². The van der Waals surface area contributed by atoms with Crippen molar-refractivity contribution in [3.63, 3.8) is 0 Å². The predicted octanol–water partition coefficient (Wildman–Crippen LogP) is 3.51. The van der Waals surface area contributed by atoms with Gasteiger partial charge in [-0.2, -0.15) is 0 Å². The molecule has 96 valence electrons. The van der Waals surface area contributed by atoms with Crippen molar-refractivity contribution >= 4 is 22.7 Å². The van der Waals surface area contributed by atoms with E-state index in [0.29, 0.717) is 5.02 Å². The second kappa shape index (κ2) is 4.56. The third-order valence-corrected chi connectivity index (χ3v) is 4.19. The Morgan fingerprint density at radius 1 is 1.50 bits per heavy atom. The standard InChI is InChI=1S/C14H17ClN2O/c1-2-14(6-3-7-16-9-14)13-17-11-8-10(15)4-5-12(11)18-13/h4-5,8,16H,2-3,6-7,9H2,1H3. The van der Waals surface area contributed by atoms with E-state index in [1.165, 1.54) is 6.42 Å². The lowest BCUT2D eigenvalue weighted by atomic mass is 9.78. The third kappa shape index (κ3) is 1.91. The van der Waals surface area contributed by atoms with Crippen molar-refractivity contribution in [1.82, 2.24) is 10.3 Å². The lowest BCUT2D eigenvalue weighted by Gasteiger charge is -2.33. The molecule has 2 heterocycles. The predicted molar refractivity (Wildman–Crippen MR) is 73.1 cm³/mol. The van der Waals surface area contributed by atoms with Crippen LogP contribution in [0, 0.1) is 0 Å². The van der Waals surface area contributed by atoms with Crippen molar-refractivity contribution in [3.8, 4) is 0 Å². The molecule has 1 aromatic heterocycles. The van der Waals surface area contributed by atoms with E-state index < -0.39 is 0 Å². The number of nitrogens with one attached hydrogen (secondary N) is 1. The van der Waals surface area contributed by atoms with Gasteiger partial charge < -0.3 is 9.73 Å². The molecule has 0 spiro atoms. The van der Waals surface area contributed by atoms with E-state index >= 15 is 0 Å². The summed E-state index contributed by atoms with van der Waals surface area (Å²) < 4.78 is 5.95. The van der Waals surface area contributed by atoms with E-state index in [4.69, 9.17) is 16.0 Å². The summed E-state index contributed by atoms with van der Waals surface area (Å²) in [6.45, 7) is 4.24. The molecule has 0 bridgehead atoms. The van der Waals surface area contributed by atoms with Crippen LogP contribution in [0.2, 0.25) is 5.02 Å². The highest BCUT2D eigenvalue weighted by Crippen LogP contribution is 2.35. The van der Waals surface area contributed by atoms with Crippen molar-refractivity contribution < 1.29 is 4.42 Å². The summed E-state index contributed by atoms with van der Waals surface area (Å²) in [7, 11) is 0. The third-order valence-electron chi connectivity index (χ3n) is 3.95. The number of oxazole rings is 1. The van der Waals surface area contributed by atoms with E-state index in [0.717, 1.165) is 42.9 Å². The van der Waals surface area contributed by atoms with Crippen LogP contribution in [0.3, 0.4) is 0 Å². The van der Waals surface area contributed by atoms with Crippen molar-refractivity contribution in [1.29, 1.82) is 0 Å². The number of rotatable bonds is 2. The van der Waals surface area contributed by atoms with Crippen LogP contribution >= 0.6 is 11.6 Å². The van der Waals surface area contributed by atoms with Crippen LogP contribution in [0.1, 0.15) is 32.1 Å². The maximum Gasteiger partial charge on any atom is 0.202 e. The SMILES string of the molecule is CCC1(c2nc3cc(Cl)ccc3o2)CCCNC1. The minimum absolute atomic E-state index is 0.0454. The Morgan fingerprint density at radius 2 is 2.39 bits per heavy atom. The molecule has 0 saturated carbocycles. The first kappa shape index (κ1) is 12.0. The average molecular weight is 265 g/mol. The molecule has 1 aliphatic heterocycles. The van der Waals surface area contributed by atoms with Crippen LogP contribution in [0.15, 0.2) is 22.6 Å². The molecule has 1 aromatic carbocycles. The van der Waals surface area contributed by atoms with E-state index in [9.17, 15) is 0 Å². The largest absolute Gasteiger partial charge is 0.440 e. The smallest absolute Gasteiger partial charge is 0.202 e. The second-order valence-corrected chi connectivity index (χ2v) is 5.48. The fraction of sp³-hybridized carbons (Fsp3) is 0.500. The van der Waals surface area contributed by atoms with Gasteiger partial charge in [-0.3, -0.25) is 0 Å². The minimum Gasteiger partial charge on any atom is -0.440 e. The Morgan fingerprint density at radius 3 is 3.11 bits per heavy atom. The lowest BCUT2D eigenvalue weighted by molar-refractivity contribution is 0.249. The van der Waals surface area contributed by atoms with E-state index in [2.05, 4.69) is 17.2 Å². The van der Waals surface area contributed by atoms with Gasteiger partial charge >= 0.3 is 0 Å². The number of benzene rings is 1. The summed E-state index contributed by atoms with van der Waals surface area (Å²) in [5.41, 5.74) is 1.73. The van der Waals surface area contributed by atoms with Crippen molar-refractivity contribution in [2.45, 2.75) is 31.6 Å². The molecule has 0 aliphatic carbocycles. The van der Waals surface area contributed by atoms with Crippen molar-refractivity contribution in [2.75, 3.05) is 13.1 Å². The molecule has 2 aromatic rings. The Kier molecular flexibility index (Phi) is 3.04. The molecule has 1 unspecified atom stereocenters. The Labute approximate surface area is 112 Å². The summed E-state index contributed by atoms with van der Waals surface area (Å²) in [5, 5.41) is 4.16. The van der Waals surface area contributed by atoms with E-state index in [1.807, 2.05) is 18.2 Å². The second-order valence-electron chi connectivity index (χ2n) is 5.05. The number of aromatic nitrogens is 1. The number of hydrogen-bond acceptors (Lipinski definition) is 3. The molecular formula is C14H17ClN2O. The molecule has 0 amide bonds. The zero-order valence-corrected chi connectivity index (χ0v) is 11.3. The zero-order valence-electron chi connectivity index (χ0n) is 10.5. The Bertz CT molecular complexity index is 558. The van der Waals surface area contributed by atoms with Gasteiger partial charge in [0.2, 0.25) is 5.89 Å². The summed E-state index contributed by atoms with van der Waals surface area (Å²) in [6.07, 6.45) is 3.35. The van der Waals surface area contributed by atoms with Crippen LogP contribution in [0.25, 0.3) is 11.1 Å². The molecule has 3 nitrogen and oxygen atoms in total. The zero-order chi connectivity index (χ0) is 12.6. The molecular weight excluding hydrogens is 248 g/mol. The van der Waals surface area contributed by atoms with Crippen LogP contribution in [0.5, 0.6) is 0 Å². The van der Waals surface area contributed by atoms with Crippen LogP contribution in [-0.2, 0) is 5.41 Å². The van der Waals surface area contributed by atoms with E-state index in [1.54, 1.807) is 0 Å². The van der Waals surface area contributed by atoms with Crippen molar-refractivity contribution in [2.24, 2.45) is 0 Å². The van der Waals surface area contributed by atoms with Crippen LogP contribution < -0.4 is 5.32 Å². The van der Waals surface area contributed by atoms with Gasteiger partial charge in [0, 0.05) is 11.6 Å². The summed E-state index contributed by atoms with van der Waals surface area (Å²) in [4.78, 5) is 4.65. The normalized spacial score (nSPS) is 24.6. The molecule has 1 aliphatic rings. The number of hydrogen-bond donors (Lipinski definition) is 1. The highest BCUT2D eigenvalue weighted by atomic mass is 35.5. The van der Waals surface area contributed by atoms with Gasteiger partial charge in [0.25, 0.3) is 0 Å². The van der Waals surface area contributed by atoms with Gasteiger partial charge in [-0.15, -0.1) is 0 Å². The molecule has 0 radical (unpaired) electrons. The fourth-order valence-electron chi connectivity index (χ4n) is 2.73. The number of piperidine rings is 1. The van der Waals surface area contributed by atoms with Gasteiger partial charge in [0.15, 0.2) is 5.58 Å². The van der Waals surface area contributed by atoms with Gasteiger partial charge in [-0.05, 0) is 44.0 Å². The van der Waals surface area contributed by atoms with Crippen molar-refractivity contribution in [3.05, 3.63) is 29.1 Å². The molecule has 4 heteroatoms. The molecule has 18 heavy (non-hydrogen) atoms. The first-order chi connectivity index (χ1) is 8.73. The topological polar surface area (TPSA) is 38.1 Å². The summed E-state index contributed by atoms with van der Waals surface area (Å²) >= 11 is 5.99. The maximum atomic E-state index is 5.99. The first-order valence-corrected chi connectivity index (χ1v) is 6.89. The Hall–Kier alpha value is -1.06. The van der Waals surface area contributed by atoms with Gasteiger partial charge in [0.1, 0.15) is 5.52 Å². The first-order valence-electron chi connectivity index (χ1n) is 6.51. The number of fused-ring (bicyclic) bond motifs is 1. The van der Waals surface area contributed by atoms with Crippen LogP contribution in [0.4, 0.5) is 0 Å². The number of nitrogens with zero attached hydrogens (tertiary/aromatic N) is 1. The average Bonchev–Trinajstić information content (AvgIpc) is 2.83. The highest BCUT2D eigenvalue weighted by molar-refractivity contribution is 6.31. The molecule has 1 fully saturated rings. The highest BCUT2D eigenvalue weighted by Gasteiger charge is 2.36. The molecule has 1 N–H and O–H groups in total. The van der Waals surface area contributed by atoms with Gasteiger partial charge in [-0.1, -0.05) is 18.5 Å². The summed E-state index contributed by atoms with van der Waals surface area (Å²) in [6, 6.07) is 5.61. The van der Waals surface area contributed by atoms with E-state index in [-0.39, 0.29) is 5.41 Å². The van der Waals surface area contributed by atoms with Gasteiger partial charge in [-0.25, -0.2) is 4.98 Å². The minimum atomic E-state index is 0.0454. The quantitative estimate of drug-likeness (QED) is 0.902. The lowest BCUT2D eigenvalue weighted by Crippen LogP contribution is -2.43. The molecule has 3 rings (SSSR count). The number of halogens is 1. The maximum absolute atomic E-state index is 5.99.